The molecule has 0 radical (unpaired) electrons. The first-order valence-electron chi connectivity index (χ1n) is 34.9. The number of ether oxygens (including phenoxy) is 4. The van der Waals surface area contributed by atoms with Crippen molar-refractivity contribution in [2.45, 2.75) is 219 Å². The zero-order chi connectivity index (χ0) is 75.0. The van der Waals surface area contributed by atoms with Gasteiger partial charge >= 0.3 is 13.1 Å². The van der Waals surface area contributed by atoms with E-state index < -0.39 is 86.5 Å². The molecule has 554 valence electrons. The molecular weight excluding hydrogens is 1390 g/mol. The van der Waals surface area contributed by atoms with E-state index in [1.54, 1.807) is 12.1 Å². The number of fused-ring (bicyclic) bond motifs is 3. The molecule has 4 aliphatic rings. The van der Waals surface area contributed by atoms with Gasteiger partial charge in [-0.25, -0.2) is 0 Å². The van der Waals surface area contributed by atoms with Crippen molar-refractivity contribution in [3.05, 3.63) is 164 Å². The van der Waals surface area contributed by atoms with E-state index in [4.69, 9.17) is 41.8 Å². The number of carbonyl (C=O) groups excluding carboxylic acids is 1. The number of aromatic nitrogens is 3. The summed E-state index contributed by atoms with van der Waals surface area (Å²) >= 11 is 3.38. The van der Waals surface area contributed by atoms with Gasteiger partial charge in [-0.05, 0) is 185 Å². The van der Waals surface area contributed by atoms with Crippen LogP contribution in [0.3, 0.4) is 0 Å². The first-order chi connectivity index (χ1) is 48.7. The minimum absolute atomic E-state index is 0.0793. The first kappa shape index (κ1) is 78.7. The zero-order valence-corrected chi connectivity index (χ0v) is 62.3. The van der Waals surface area contributed by atoms with Gasteiger partial charge in [-0.2, -0.15) is 0 Å². The van der Waals surface area contributed by atoms with Crippen LogP contribution in [0.25, 0.3) is 55.2 Å². The number of halogens is 1. The number of hydrogen-bond acceptors (Lipinski definition) is 23. The molecule has 10 N–H and O–H groups in total. The molecule has 0 aliphatic carbocycles. The van der Waals surface area contributed by atoms with Gasteiger partial charge in [0.05, 0.1) is 47.6 Å². The molecule has 23 nitrogen and oxygen atoms in total. The van der Waals surface area contributed by atoms with E-state index in [2.05, 4.69) is 112 Å². The summed E-state index contributed by atoms with van der Waals surface area (Å²) in [6.45, 7) is 28.8. The molecule has 18 atom stereocenters. The molecule has 9 unspecified atom stereocenters. The summed E-state index contributed by atoms with van der Waals surface area (Å²) in [5.41, 5.74) is 13.8. The van der Waals surface area contributed by atoms with Gasteiger partial charge in [0.25, 0.3) is 0 Å². The van der Waals surface area contributed by atoms with Crippen LogP contribution >= 0.6 is 15.9 Å². The summed E-state index contributed by atoms with van der Waals surface area (Å²) in [6, 6.07) is 34.8. The second-order valence-electron chi connectivity index (χ2n) is 28.8. The van der Waals surface area contributed by atoms with Crippen LogP contribution in [0.15, 0.2) is 127 Å². The first-order valence-corrected chi connectivity index (χ1v) is 35.7. The van der Waals surface area contributed by atoms with Crippen LogP contribution in [0.2, 0.25) is 0 Å². The van der Waals surface area contributed by atoms with Crippen molar-refractivity contribution in [1.82, 2.24) is 15.5 Å². The number of aryl methyl sites for hydroxylation is 6. The Bertz CT molecular complexity index is 4220. The third kappa shape index (κ3) is 16.6. The van der Waals surface area contributed by atoms with Crippen LogP contribution in [0, 0.1) is 53.4 Å². The number of benzene rings is 6. The molecule has 7 heterocycles. The monoisotopic (exact) mass is 1490 g/mol. The highest BCUT2D eigenvalue weighted by Crippen LogP contribution is 2.43. The van der Waals surface area contributed by atoms with Crippen LogP contribution in [-0.4, -0.2) is 183 Å². The lowest BCUT2D eigenvalue weighted by atomic mass is 9.74. The Balaban J connectivity index is 0.000000154. The maximum absolute atomic E-state index is 11.9. The third-order valence-corrected chi connectivity index (χ3v) is 21.8. The van der Waals surface area contributed by atoms with E-state index in [1.165, 1.54) is 12.5 Å². The fourth-order valence-electron chi connectivity index (χ4n) is 14.1. The molecule has 0 bridgehead atoms. The van der Waals surface area contributed by atoms with Crippen molar-refractivity contribution in [2.75, 3.05) is 13.2 Å². The third-order valence-electron chi connectivity index (χ3n) is 21.3. The number of rotatable bonds is 13. The average molecular weight is 1490 g/mol. The standard InChI is InChI=1S/C26H41BO5.2C22H25NO7.C8H6BrNO/c1-11-22-16(3)17(4)23(29-19(6)28)24(30-22)18(5)21-13-12-20(14-15(21)2)27-31-25(7,8)26(9,10)32-27;2*1-10-7-12(13-4-6-16-15(8-13)11(2)23-30-16)3-5-14(10)18(25)22-21(28)20(27)19(26)17(9-24)29-22;1-5-7-4-6(9)2-3-8(7)11-10-5/h12-14,16-18,22-24H,11H2,1-10H3;2*3-8,17-22,24-28H,9H2,1-2H3;2-4H,1H3/t16-,17-,18+,22?,23?,24+;17?,18-,19?,20?,21?,22?;17?,18-,19-,20+,21?,22-;/m011./s1. The van der Waals surface area contributed by atoms with Crippen molar-refractivity contribution in [1.29, 1.82) is 0 Å². The van der Waals surface area contributed by atoms with Crippen LogP contribution in [0.1, 0.15) is 137 Å². The van der Waals surface area contributed by atoms with Crippen LogP contribution in [-0.2, 0) is 33.1 Å². The second kappa shape index (κ2) is 32.5. The highest BCUT2D eigenvalue weighted by Gasteiger charge is 2.53. The summed E-state index contributed by atoms with van der Waals surface area (Å²) in [6.07, 6.45) is -15.4. The summed E-state index contributed by atoms with van der Waals surface area (Å²) in [4.78, 5) is 11.9. The number of esters is 1. The Hall–Kier alpha value is -6.86. The number of carbonyl (C=O) groups is 1. The molecule has 3 aromatic heterocycles. The number of aliphatic hydroxyl groups is 10. The van der Waals surface area contributed by atoms with E-state index in [-0.39, 0.29) is 54.4 Å². The number of aliphatic hydroxyl groups excluding tert-OH is 10. The molecule has 4 fully saturated rings. The molecule has 4 saturated heterocycles. The van der Waals surface area contributed by atoms with Crippen molar-refractivity contribution >= 4 is 67.4 Å². The molecule has 9 aromatic rings. The Labute approximate surface area is 607 Å². The fraction of sp³-hybridized carbons (Fsp3) is 0.487. The summed E-state index contributed by atoms with van der Waals surface area (Å²) in [5.74, 6) is 0.391. The lowest BCUT2D eigenvalue weighted by molar-refractivity contribution is -0.250. The summed E-state index contributed by atoms with van der Waals surface area (Å²) < 4.78 is 52.4. The van der Waals surface area contributed by atoms with Crippen molar-refractivity contribution in [3.63, 3.8) is 0 Å². The SMILES string of the molecule is CCC1O[C@H]([C@H](C)c2ccc(B3OC(C)(C)C(C)(C)O3)cc2C)C(OC(C)=O)[C@@H](C)[C@@H]1C.Cc1cc(-c2ccc3onc(C)c3c2)ccc1[C@@H](O)C1OC(CO)C(O)C(O)C1O.Cc1cc(-c2ccc3onc(C)c3c2)ccc1[C@@H](O)[C@H]1OC(CO)[C@@H](O)[C@H](O)C1O.Cc1noc2ccc(Br)cc12. The molecule has 0 saturated carbocycles. The number of nitrogens with zero attached hydrogens (tertiary/aromatic N) is 3. The maximum atomic E-state index is 11.9. The smallest absolute Gasteiger partial charge is 0.459 e. The lowest BCUT2D eigenvalue weighted by Crippen LogP contribution is -2.59. The Morgan fingerprint density at radius 1 is 0.515 bits per heavy atom. The molecule has 0 spiro atoms. The summed E-state index contributed by atoms with van der Waals surface area (Å²) in [7, 11) is -0.381. The van der Waals surface area contributed by atoms with Gasteiger partial charge in [0.15, 0.2) is 16.7 Å². The van der Waals surface area contributed by atoms with Gasteiger partial charge in [-0.3, -0.25) is 4.79 Å². The molecule has 103 heavy (non-hydrogen) atoms. The van der Waals surface area contributed by atoms with Crippen LogP contribution < -0.4 is 5.46 Å². The lowest BCUT2D eigenvalue weighted by Gasteiger charge is -2.46. The molecule has 4 aliphatic heterocycles. The topological polar surface area (TPSA) is 353 Å². The Morgan fingerprint density at radius 2 is 0.903 bits per heavy atom. The molecule has 0 amide bonds. The predicted molar refractivity (Wildman–Crippen MR) is 390 cm³/mol. The highest BCUT2D eigenvalue weighted by molar-refractivity contribution is 9.10. The Morgan fingerprint density at radius 3 is 1.31 bits per heavy atom. The van der Waals surface area contributed by atoms with Gasteiger partial charge in [0, 0.05) is 39.4 Å². The molecule has 6 aromatic carbocycles. The predicted octanol–water partition coefficient (Wildman–Crippen LogP) is 9.65. The maximum Gasteiger partial charge on any atom is 0.494 e. The van der Waals surface area contributed by atoms with Gasteiger partial charge in [0.1, 0.15) is 85.5 Å². The fourth-order valence-corrected chi connectivity index (χ4v) is 14.5. The Kier molecular flexibility index (Phi) is 24.8. The van der Waals surface area contributed by atoms with Crippen molar-refractivity contribution < 1.29 is 97.7 Å². The van der Waals surface area contributed by atoms with Gasteiger partial charge < -0.3 is 92.9 Å². The van der Waals surface area contributed by atoms with Crippen molar-refractivity contribution in [2.24, 2.45) is 11.8 Å². The van der Waals surface area contributed by atoms with Gasteiger partial charge in [-0.1, -0.05) is 126 Å². The van der Waals surface area contributed by atoms with Crippen LogP contribution in [0.4, 0.5) is 0 Å². The molecular formula is C78H97BBrN3O20. The largest absolute Gasteiger partial charge is 0.494 e. The van der Waals surface area contributed by atoms with E-state index in [0.717, 1.165) is 94.1 Å². The quantitative estimate of drug-likeness (QED) is 0.0379. The average Bonchev–Trinajstić information content (AvgIpc) is 1.67. The highest BCUT2D eigenvalue weighted by atomic mass is 79.9. The minimum Gasteiger partial charge on any atom is -0.459 e. The van der Waals surface area contributed by atoms with Crippen molar-refractivity contribution in [3.8, 4) is 22.3 Å². The summed E-state index contributed by atoms with van der Waals surface area (Å²) in [5, 5.41) is 116. The van der Waals surface area contributed by atoms with Crippen LogP contribution in [0.5, 0.6) is 0 Å². The minimum atomic E-state index is -1.53. The van der Waals surface area contributed by atoms with Gasteiger partial charge in [0.2, 0.25) is 0 Å². The molecule has 13 rings (SSSR count). The van der Waals surface area contributed by atoms with E-state index in [0.29, 0.717) is 28.2 Å². The van der Waals surface area contributed by atoms with E-state index in [1.807, 2.05) is 113 Å². The zero-order valence-electron chi connectivity index (χ0n) is 60.8. The van der Waals surface area contributed by atoms with E-state index >= 15 is 0 Å². The second-order valence-corrected chi connectivity index (χ2v) is 29.7. The number of hydrogen-bond donors (Lipinski definition) is 10. The van der Waals surface area contributed by atoms with E-state index in [9.17, 15) is 55.9 Å². The van der Waals surface area contributed by atoms with Gasteiger partial charge in [-0.15, -0.1) is 0 Å². The molecule has 25 heteroatoms. The normalized spacial score (nSPS) is 27.6.